The molecule has 2 rings (SSSR count). The molecule has 0 unspecified atom stereocenters. The fraction of sp³-hybridized carbons (Fsp3) is 0.0833. The summed E-state index contributed by atoms with van der Waals surface area (Å²) in [6.07, 6.45) is 0. The van der Waals surface area contributed by atoms with Crippen molar-refractivity contribution in [1.29, 1.82) is 0 Å². The van der Waals surface area contributed by atoms with Crippen molar-refractivity contribution in [2.24, 2.45) is 7.05 Å². The largest absolute Gasteiger partial charge is 0.477 e. The van der Waals surface area contributed by atoms with E-state index < -0.39 is 11.8 Å². The summed E-state index contributed by atoms with van der Waals surface area (Å²) in [6.45, 7) is 0. The van der Waals surface area contributed by atoms with Crippen molar-refractivity contribution >= 4 is 17.6 Å². The monoisotopic (exact) mass is 253 g/mol. The van der Waals surface area contributed by atoms with E-state index in [4.69, 9.17) is 16.7 Å². The molecular weight excluding hydrogens is 245 g/mol. The van der Waals surface area contributed by atoms with Gasteiger partial charge in [0.25, 0.3) is 0 Å². The SMILES string of the molecule is Cn1c(C(=O)O)ccc1-c1cccc(Cl)c1F. The van der Waals surface area contributed by atoms with E-state index in [9.17, 15) is 9.18 Å². The maximum atomic E-state index is 13.8. The van der Waals surface area contributed by atoms with Gasteiger partial charge in [-0.15, -0.1) is 0 Å². The summed E-state index contributed by atoms with van der Waals surface area (Å²) in [5.74, 6) is -1.60. The Bertz CT molecular complexity index is 592. The van der Waals surface area contributed by atoms with Crippen LogP contribution in [0.2, 0.25) is 5.02 Å². The van der Waals surface area contributed by atoms with E-state index in [1.807, 2.05) is 0 Å². The molecule has 88 valence electrons. The zero-order chi connectivity index (χ0) is 12.6. The summed E-state index contributed by atoms with van der Waals surface area (Å²) in [5, 5.41) is 8.92. The smallest absolute Gasteiger partial charge is 0.352 e. The van der Waals surface area contributed by atoms with Crippen molar-refractivity contribution < 1.29 is 14.3 Å². The van der Waals surface area contributed by atoms with Crippen LogP contribution in [-0.2, 0) is 7.05 Å². The van der Waals surface area contributed by atoms with Crippen LogP contribution in [0.4, 0.5) is 4.39 Å². The number of rotatable bonds is 2. The van der Waals surface area contributed by atoms with Crippen molar-refractivity contribution in [2.75, 3.05) is 0 Å². The maximum Gasteiger partial charge on any atom is 0.352 e. The zero-order valence-corrected chi connectivity index (χ0v) is 9.70. The van der Waals surface area contributed by atoms with Crippen molar-refractivity contribution in [2.45, 2.75) is 0 Å². The number of aromatic nitrogens is 1. The number of carboxylic acids is 1. The molecule has 0 saturated carbocycles. The molecule has 0 aliphatic carbocycles. The average molecular weight is 254 g/mol. The van der Waals surface area contributed by atoms with E-state index in [-0.39, 0.29) is 16.3 Å². The molecule has 1 N–H and O–H groups in total. The lowest BCUT2D eigenvalue weighted by Gasteiger charge is -2.07. The lowest BCUT2D eigenvalue weighted by atomic mass is 10.1. The summed E-state index contributed by atoms with van der Waals surface area (Å²) in [7, 11) is 1.57. The van der Waals surface area contributed by atoms with Crippen molar-refractivity contribution in [3.63, 3.8) is 0 Å². The van der Waals surface area contributed by atoms with Gasteiger partial charge in [-0.05, 0) is 24.3 Å². The molecule has 0 atom stereocenters. The molecule has 0 saturated heterocycles. The van der Waals surface area contributed by atoms with Crippen LogP contribution >= 0.6 is 11.6 Å². The van der Waals surface area contributed by atoms with Gasteiger partial charge in [0.05, 0.1) is 10.7 Å². The third-order valence-corrected chi connectivity index (χ3v) is 2.86. The molecule has 0 amide bonds. The molecule has 3 nitrogen and oxygen atoms in total. The maximum absolute atomic E-state index is 13.8. The number of halogens is 2. The molecule has 0 aliphatic heterocycles. The second-order valence-corrected chi connectivity index (χ2v) is 3.98. The Labute approximate surface area is 102 Å². The number of aromatic carboxylic acids is 1. The predicted molar refractivity (Wildman–Crippen MR) is 62.8 cm³/mol. The average Bonchev–Trinajstić information content (AvgIpc) is 2.64. The lowest BCUT2D eigenvalue weighted by molar-refractivity contribution is 0.0686. The van der Waals surface area contributed by atoms with Gasteiger partial charge in [-0.2, -0.15) is 0 Å². The molecule has 0 bridgehead atoms. The van der Waals surface area contributed by atoms with E-state index >= 15 is 0 Å². The van der Waals surface area contributed by atoms with Gasteiger partial charge in [0.1, 0.15) is 5.69 Å². The van der Waals surface area contributed by atoms with E-state index in [0.717, 1.165) is 0 Å². The van der Waals surface area contributed by atoms with Crippen LogP contribution in [0, 0.1) is 5.82 Å². The fourth-order valence-electron chi connectivity index (χ4n) is 1.70. The minimum atomic E-state index is -1.05. The van der Waals surface area contributed by atoms with Gasteiger partial charge < -0.3 is 9.67 Å². The third-order valence-electron chi connectivity index (χ3n) is 2.57. The van der Waals surface area contributed by atoms with Gasteiger partial charge in [0.2, 0.25) is 0 Å². The molecule has 0 radical (unpaired) electrons. The Morgan fingerprint density at radius 3 is 2.65 bits per heavy atom. The normalized spacial score (nSPS) is 10.5. The summed E-state index contributed by atoms with van der Waals surface area (Å²) in [5.41, 5.74) is 0.856. The molecule has 1 heterocycles. The molecule has 0 aliphatic rings. The quantitative estimate of drug-likeness (QED) is 0.893. The minimum Gasteiger partial charge on any atom is -0.477 e. The first kappa shape index (κ1) is 11.7. The lowest BCUT2D eigenvalue weighted by Crippen LogP contribution is -2.05. The first-order valence-electron chi connectivity index (χ1n) is 4.85. The Morgan fingerprint density at radius 1 is 1.35 bits per heavy atom. The fourth-order valence-corrected chi connectivity index (χ4v) is 1.87. The number of benzene rings is 1. The summed E-state index contributed by atoms with van der Waals surface area (Å²) in [6, 6.07) is 7.61. The standard InChI is InChI=1S/C12H9ClFNO2/c1-15-9(5-6-10(15)12(16)17)7-3-2-4-8(13)11(7)14/h2-6H,1H3,(H,16,17). The van der Waals surface area contributed by atoms with Gasteiger partial charge in [-0.25, -0.2) is 9.18 Å². The van der Waals surface area contributed by atoms with E-state index in [0.29, 0.717) is 5.69 Å². The van der Waals surface area contributed by atoms with Crippen LogP contribution in [0.25, 0.3) is 11.3 Å². The van der Waals surface area contributed by atoms with Crippen LogP contribution in [0.3, 0.4) is 0 Å². The van der Waals surface area contributed by atoms with Crippen LogP contribution in [0.1, 0.15) is 10.5 Å². The first-order chi connectivity index (χ1) is 8.02. The number of hydrogen-bond donors (Lipinski definition) is 1. The second-order valence-electron chi connectivity index (χ2n) is 3.57. The van der Waals surface area contributed by atoms with Gasteiger partial charge in [-0.1, -0.05) is 17.7 Å². The topological polar surface area (TPSA) is 42.2 Å². The minimum absolute atomic E-state index is 0.0144. The van der Waals surface area contributed by atoms with Crippen LogP contribution in [0.5, 0.6) is 0 Å². The number of hydrogen-bond acceptors (Lipinski definition) is 1. The molecule has 1 aromatic carbocycles. The predicted octanol–water partition coefficient (Wildman–Crippen LogP) is 3.18. The Balaban J connectivity index is 2.62. The number of carbonyl (C=O) groups is 1. The zero-order valence-electron chi connectivity index (χ0n) is 8.95. The molecule has 5 heteroatoms. The van der Waals surface area contributed by atoms with Gasteiger partial charge in [0.15, 0.2) is 5.82 Å². The summed E-state index contributed by atoms with van der Waals surface area (Å²) < 4.78 is 15.2. The molecule has 0 spiro atoms. The van der Waals surface area contributed by atoms with Crippen molar-refractivity contribution in [1.82, 2.24) is 4.57 Å². The second kappa shape index (κ2) is 4.22. The first-order valence-corrected chi connectivity index (χ1v) is 5.23. The number of carboxylic acid groups (broad SMARTS) is 1. The Hall–Kier alpha value is -1.81. The molecule has 1 aromatic heterocycles. The highest BCUT2D eigenvalue weighted by Crippen LogP contribution is 2.28. The molecular formula is C12H9ClFNO2. The Morgan fingerprint density at radius 2 is 2.06 bits per heavy atom. The highest BCUT2D eigenvalue weighted by atomic mass is 35.5. The van der Waals surface area contributed by atoms with Crippen molar-refractivity contribution in [3.8, 4) is 11.3 Å². The van der Waals surface area contributed by atoms with Gasteiger partial charge in [0, 0.05) is 12.6 Å². The van der Waals surface area contributed by atoms with Crippen LogP contribution in [-0.4, -0.2) is 15.6 Å². The van der Waals surface area contributed by atoms with Crippen LogP contribution in [0.15, 0.2) is 30.3 Å². The Kier molecular flexibility index (Phi) is 2.90. The van der Waals surface area contributed by atoms with E-state index in [1.165, 1.54) is 16.7 Å². The summed E-state index contributed by atoms with van der Waals surface area (Å²) in [4.78, 5) is 10.9. The van der Waals surface area contributed by atoms with E-state index in [2.05, 4.69) is 0 Å². The van der Waals surface area contributed by atoms with Crippen LogP contribution < -0.4 is 0 Å². The van der Waals surface area contributed by atoms with E-state index in [1.54, 1.807) is 25.2 Å². The van der Waals surface area contributed by atoms with Gasteiger partial charge in [-0.3, -0.25) is 0 Å². The van der Waals surface area contributed by atoms with Gasteiger partial charge >= 0.3 is 5.97 Å². The summed E-state index contributed by atoms with van der Waals surface area (Å²) >= 11 is 5.68. The highest BCUT2D eigenvalue weighted by molar-refractivity contribution is 6.31. The number of nitrogens with zero attached hydrogens (tertiary/aromatic N) is 1. The van der Waals surface area contributed by atoms with Crippen molar-refractivity contribution in [3.05, 3.63) is 46.9 Å². The molecule has 0 fully saturated rings. The highest BCUT2D eigenvalue weighted by Gasteiger charge is 2.15. The molecule has 2 aromatic rings. The third kappa shape index (κ3) is 1.91. The molecule has 17 heavy (non-hydrogen) atoms.